The Morgan fingerprint density at radius 2 is 1.90 bits per heavy atom. The van der Waals surface area contributed by atoms with E-state index in [1.165, 1.54) is 4.90 Å². The Morgan fingerprint density at radius 1 is 1.13 bits per heavy atom. The number of piperidine rings is 1. The van der Waals surface area contributed by atoms with Crippen molar-refractivity contribution < 1.29 is 45.8 Å². The molecule has 39 heavy (non-hydrogen) atoms. The van der Waals surface area contributed by atoms with Gasteiger partial charge in [-0.15, -0.1) is 18.3 Å². The van der Waals surface area contributed by atoms with Gasteiger partial charge in [-0.3, -0.25) is 14.4 Å². The number of likely N-dealkylation sites (tertiary alicyclic amines) is 1. The zero-order valence-corrected chi connectivity index (χ0v) is 22.0. The first kappa shape index (κ1) is 28.5. The predicted octanol–water partition coefficient (Wildman–Crippen LogP) is 5.26. The zero-order valence-electron chi connectivity index (χ0n) is 21.2. The van der Waals surface area contributed by atoms with Gasteiger partial charge in [0.25, 0.3) is 5.91 Å². The van der Waals surface area contributed by atoms with Gasteiger partial charge in [0, 0.05) is 23.0 Å². The predicted molar refractivity (Wildman–Crippen MR) is 129 cm³/mol. The average molecular weight is 575 g/mol. The number of hydrogen-bond donors (Lipinski definition) is 1. The SMILES string of the molecule is CC(C)(C)OC(=O)N1C[C@@H](NC(=O)c2cc3cc(Cl)ccc3o2)CC[C@@H]1c1nnc(OCCOC(F)(F)F)o1. The number of carbonyl (C=O) groups excluding carboxylic acids is 2. The highest BCUT2D eigenvalue weighted by Crippen LogP contribution is 2.33. The van der Waals surface area contributed by atoms with E-state index >= 15 is 0 Å². The van der Waals surface area contributed by atoms with Crippen LogP contribution in [0, 0.1) is 0 Å². The van der Waals surface area contributed by atoms with Crippen molar-refractivity contribution in [2.75, 3.05) is 19.8 Å². The standard InChI is InChI=1S/C24H26ClF3N4O7/c1-23(2,3)39-22(34)32-12-15(29-19(33)18-11-13-10-14(25)4-7-17(13)37-18)5-6-16(32)20-30-31-21(38-20)35-8-9-36-24(26,27)28/h4,7,10-11,15-16H,5-6,8-9,12H2,1-3H3,(H,29,33)/t15-,16+/m0/s1. The fourth-order valence-electron chi connectivity index (χ4n) is 3.95. The van der Waals surface area contributed by atoms with E-state index in [1.54, 1.807) is 45.0 Å². The molecule has 0 aliphatic carbocycles. The molecule has 1 aliphatic heterocycles. The van der Waals surface area contributed by atoms with E-state index in [0.717, 1.165) is 0 Å². The summed E-state index contributed by atoms with van der Waals surface area (Å²) >= 11 is 6.01. The Bertz CT molecular complexity index is 1320. The van der Waals surface area contributed by atoms with Crippen LogP contribution in [0.5, 0.6) is 6.08 Å². The Labute approximate surface area is 225 Å². The third-order valence-corrected chi connectivity index (χ3v) is 5.76. The summed E-state index contributed by atoms with van der Waals surface area (Å²) in [6.45, 7) is 3.92. The van der Waals surface area contributed by atoms with E-state index in [4.69, 9.17) is 29.9 Å². The largest absolute Gasteiger partial charge is 0.522 e. The third kappa shape index (κ3) is 7.76. The second-order valence-corrected chi connectivity index (χ2v) is 10.2. The van der Waals surface area contributed by atoms with E-state index in [1.807, 2.05) is 0 Å². The molecule has 2 atom stereocenters. The first-order valence-corrected chi connectivity index (χ1v) is 12.3. The Hall–Kier alpha value is -3.52. The van der Waals surface area contributed by atoms with Crippen molar-refractivity contribution in [2.45, 2.75) is 57.7 Å². The summed E-state index contributed by atoms with van der Waals surface area (Å²) in [5, 5.41) is 11.6. The van der Waals surface area contributed by atoms with Crippen LogP contribution in [0.2, 0.25) is 5.02 Å². The summed E-state index contributed by atoms with van der Waals surface area (Å²) in [6.07, 6.45) is -5.11. The fraction of sp³-hybridized carbons (Fsp3) is 0.500. The van der Waals surface area contributed by atoms with Crippen LogP contribution in [-0.4, -0.2) is 64.9 Å². The normalized spacial score (nSPS) is 18.3. The minimum absolute atomic E-state index is 0.00605. The van der Waals surface area contributed by atoms with Gasteiger partial charge in [0.2, 0.25) is 5.89 Å². The molecule has 0 saturated carbocycles. The Balaban J connectivity index is 1.44. The molecule has 0 bridgehead atoms. The summed E-state index contributed by atoms with van der Waals surface area (Å²) in [6, 6.07) is 5.38. The summed E-state index contributed by atoms with van der Waals surface area (Å²) in [5.74, 6) is -0.373. The Morgan fingerprint density at radius 3 is 2.62 bits per heavy atom. The lowest BCUT2D eigenvalue weighted by Gasteiger charge is -2.38. The molecule has 0 spiro atoms. The molecule has 2 aromatic heterocycles. The highest BCUT2D eigenvalue weighted by atomic mass is 35.5. The number of furan rings is 1. The topological polar surface area (TPSA) is 129 Å². The van der Waals surface area contributed by atoms with Crippen LogP contribution in [0.1, 0.15) is 56.1 Å². The van der Waals surface area contributed by atoms with Crippen molar-refractivity contribution in [3.8, 4) is 6.08 Å². The summed E-state index contributed by atoms with van der Waals surface area (Å²) in [4.78, 5) is 27.3. The molecule has 0 radical (unpaired) electrons. The first-order chi connectivity index (χ1) is 18.3. The molecule has 11 nitrogen and oxygen atoms in total. The van der Waals surface area contributed by atoms with Crippen molar-refractivity contribution in [1.82, 2.24) is 20.4 Å². The lowest BCUT2D eigenvalue weighted by Crippen LogP contribution is -2.51. The third-order valence-electron chi connectivity index (χ3n) is 5.53. The molecule has 15 heteroatoms. The van der Waals surface area contributed by atoms with Crippen LogP contribution in [-0.2, 0) is 9.47 Å². The van der Waals surface area contributed by atoms with Gasteiger partial charge in [0.05, 0.1) is 6.61 Å². The van der Waals surface area contributed by atoms with Crippen molar-refractivity contribution in [1.29, 1.82) is 0 Å². The van der Waals surface area contributed by atoms with Gasteiger partial charge in [-0.25, -0.2) is 4.79 Å². The van der Waals surface area contributed by atoms with Crippen molar-refractivity contribution in [3.05, 3.63) is 40.9 Å². The maximum absolute atomic E-state index is 13.1. The molecule has 0 unspecified atom stereocenters. The number of ether oxygens (including phenoxy) is 3. The number of carbonyl (C=O) groups is 2. The van der Waals surface area contributed by atoms with Gasteiger partial charge in [-0.1, -0.05) is 16.7 Å². The lowest BCUT2D eigenvalue weighted by atomic mass is 9.98. The second-order valence-electron chi connectivity index (χ2n) is 9.74. The van der Waals surface area contributed by atoms with Gasteiger partial charge >= 0.3 is 18.5 Å². The molecule has 2 amide bonds. The van der Waals surface area contributed by atoms with Crippen molar-refractivity contribution in [3.63, 3.8) is 0 Å². The number of halogens is 4. The van der Waals surface area contributed by atoms with Gasteiger partial charge in [-0.05, 0) is 57.9 Å². The second kappa shape index (κ2) is 11.3. The number of hydrogen-bond acceptors (Lipinski definition) is 9. The van der Waals surface area contributed by atoms with Crippen LogP contribution >= 0.6 is 11.6 Å². The number of nitrogens with one attached hydrogen (secondary N) is 1. The first-order valence-electron chi connectivity index (χ1n) is 11.9. The summed E-state index contributed by atoms with van der Waals surface area (Å²) < 4.78 is 61.6. The minimum Gasteiger partial charge on any atom is -0.451 e. The van der Waals surface area contributed by atoms with E-state index in [2.05, 4.69) is 20.3 Å². The smallest absolute Gasteiger partial charge is 0.451 e. The number of nitrogens with zero attached hydrogens (tertiary/aromatic N) is 3. The molecule has 1 aliphatic rings. The van der Waals surface area contributed by atoms with Crippen LogP contribution in [0.25, 0.3) is 11.0 Å². The number of rotatable bonds is 7. The van der Waals surface area contributed by atoms with E-state index in [0.29, 0.717) is 28.8 Å². The van der Waals surface area contributed by atoms with Crippen LogP contribution in [0.3, 0.4) is 0 Å². The van der Waals surface area contributed by atoms with E-state index < -0.39 is 49.3 Å². The van der Waals surface area contributed by atoms with Crippen molar-refractivity contribution in [2.24, 2.45) is 0 Å². The Kier molecular flexibility index (Phi) is 8.25. The molecule has 1 aromatic carbocycles. The fourth-order valence-corrected chi connectivity index (χ4v) is 4.13. The van der Waals surface area contributed by atoms with E-state index in [9.17, 15) is 22.8 Å². The van der Waals surface area contributed by atoms with Crippen LogP contribution in [0.4, 0.5) is 18.0 Å². The molecule has 212 valence electrons. The number of benzene rings is 1. The van der Waals surface area contributed by atoms with Gasteiger partial charge in [0.1, 0.15) is 23.8 Å². The molecular formula is C24H26ClF3N4O7. The van der Waals surface area contributed by atoms with Gasteiger partial charge in [0.15, 0.2) is 5.76 Å². The van der Waals surface area contributed by atoms with Crippen LogP contribution < -0.4 is 10.1 Å². The molecule has 1 fully saturated rings. The summed E-state index contributed by atoms with van der Waals surface area (Å²) in [5.41, 5.74) is -0.308. The lowest BCUT2D eigenvalue weighted by molar-refractivity contribution is -0.325. The molecule has 3 heterocycles. The van der Waals surface area contributed by atoms with Gasteiger partial charge < -0.3 is 23.6 Å². The number of amides is 2. The minimum atomic E-state index is -4.79. The maximum atomic E-state index is 13.1. The highest BCUT2D eigenvalue weighted by Gasteiger charge is 2.39. The number of fused-ring (bicyclic) bond motifs is 1. The summed E-state index contributed by atoms with van der Waals surface area (Å²) in [7, 11) is 0. The number of alkyl halides is 3. The number of aromatic nitrogens is 2. The molecule has 4 rings (SSSR count). The van der Waals surface area contributed by atoms with Crippen molar-refractivity contribution >= 4 is 34.6 Å². The molecule has 1 N–H and O–H groups in total. The molecule has 1 saturated heterocycles. The monoisotopic (exact) mass is 574 g/mol. The zero-order chi connectivity index (χ0) is 28.4. The van der Waals surface area contributed by atoms with E-state index in [-0.39, 0.29) is 24.3 Å². The average Bonchev–Trinajstić information content (AvgIpc) is 3.47. The van der Waals surface area contributed by atoms with Gasteiger partial charge in [-0.2, -0.15) is 0 Å². The maximum Gasteiger partial charge on any atom is 0.522 e. The molecular weight excluding hydrogens is 549 g/mol. The quantitative estimate of drug-likeness (QED) is 0.376. The highest BCUT2D eigenvalue weighted by molar-refractivity contribution is 6.31. The van der Waals surface area contributed by atoms with Crippen LogP contribution in [0.15, 0.2) is 33.1 Å². The molecule has 3 aromatic rings.